The lowest BCUT2D eigenvalue weighted by Crippen LogP contribution is -2.40. The van der Waals surface area contributed by atoms with Crippen molar-refractivity contribution in [2.24, 2.45) is 0 Å². The van der Waals surface area contributed by atoms with E-state index in [9.17, 15) is 13.2 Å². The lowest BCUT2D eigenvalue weighted by Gasteiger charge is -2.27. The zero-order valence-corrected chi connectivity index (χ0v) is 20.4. The molecular weight excluding hydrogens is 464 g/mol. The number of hydrogen-bond donors (Lipinski definition) is 0. The molecule has 2 aromatic rings. The van der Waals surface area contributed by atoms with Crippen molar-refractivity contribution in [1.82, 2.24) is 9.21 Å². The number of hydrogen-bond acceptors (Lipinski definition) is 7. The van der Waals surface area contributed by atoms with Crippen LogP contribution in [0.1, 0.15) is 23.3 Å². The van der Waals surface area contributed by atoms with E-state index in [0.29, 0.717) is 45.0 Å². The fourth-order valence-corrected chi connectivity index (χ4v) is 6.46. The van der Waals surface area contributed by atoms with Crippen molar-refractivity contribution in [2.45, 2.75) is 36.8 Å². The molecule has 3 heterocycles. The van der Waals surface area contributed by atoms with Gasteiger partial charge in [-0.25, -0.2) is 8.42 Å². The number of benzene rings is 1. The Morgan fingerprint density at radius 2 is 2.06 bits per heavy atom. The number of ether oxygens (including phenoxy) is 3. The van der Waals surface area contributed by atoms with Crippen molar-refractivity contribution in [3.63, 3.8) is 0 Å². The molecule has 2 fully saturated rings. The smallest absolute Gasteiger partial charge is 0.246 e. The van der Waals surface area contributed by atoms with Crippen molar-refractivity contribution in [1.29, 1.82) is 0 Å². The van der Waals surface area contributed by atoms with E-state index in [1.165, 1.54) is 11.4 Å². The second-order valence-corrected chi connectivity index (χ2v) is 11.1. The van der Waals surface area contributed by atoms with Crippen molar-refractivity contribution in [3.8, 4) is 5.75 Å². The maximum atomic E-state index is 13.3. The van der Waals surface area contributed by atoms with Gasteiger partial charge in [-0.05, 0) is 42.0 Å². The summed E-state index contributed by atoms with van der Waals surface area (Å²) < 4.78 is 44.3. The third-order valence-corrected chi connectivity index (χ3v) is 8.68. The Morgan fingerprint density at radius 3 is 2.73 bits per heavy atom. The summed E-state index contributed by atoms with van der Waals surface area (Å²) in [5.41, 5.74) is 0.635. The molecule has 0 N–H and O–H groups in total. The molecule has 2 aliphatic rings. The highest BCUT2D eigenvalue weighted by molar-refractivity contribution is 7.89. The number of methoxy groups -OCH3 is 1. The molecule has 0 saturated carbocycles. The zero-order valence-electron chi connectivity index (χ0n) is 18.8. The molecule has 33 heavy (non-hydrogen) atoms. The summed E-state index contributed by atoms with van der Waals surface area (Å²) in [6, 6.07) is 8.93. The van der Waals surface area contributed by atoms with Gasteiger partial charge in [-0.1, -0.05) is 12.1 Å². The number of morpholine rings is 1. The molecule has 1 aromatic carbocycles. The van der Waals surface area contributed by atoms with E-state index in [0.717, 1.165) is 24.3 Å². The number of thiophene rings is 1. The normalized spacial score (nSPS) is 19.5. The second-order valence-electron chi connectivity index (χ2n) is 8.17. The first-order valence-electron chi connectivity index (χ1n) is 11.1. The number of carbonyl (C=O) groups excluding carboxylic acids is 1. The minimum Gasteiger partial charge on any atom is -0.495 e. The van der Waals surface area contributed by atoms with Gasteiger partial charge in [0.15, 0.2) is 0 Å². The standard InChI is InChI=1S/C23H30N2O6S2/c1-29-21-7-6-18(14-22(21)33(27,28)25-8-11-30-12-9-25)15-23(26)24(16-19-4-2-10-31-19)17-20-5-3-13-32-20/h3,5-7,13-14,19H,2,4,8-12,15-17H2,1H3. The van der Waals surface area contributed by atoms with Crippen LogP contribution in [0, 0.1) is 0 Å². The first kappa shape index (κ1) is 24.2. The number of carbonyl (C=O) groups is 1. The van der Waals surface area contributed by atoms with E-state index < -0.39 is 10.0 Å². The molecule has 0 aliphatic carbocycles. The van der Waals surface area contributed by atoms with Gasteiger partial charge in [-0.3, -0.25) is 4.79 Å². The monoisotopic (exact) mass is 494 g/mol. The van der Waals surface area contributed by atoms with Crippen LogP contribution in [0.3, 0.4) is 0 Å². The van der Waals surface area contributed by atoms with E-state index in [-0.39, 0.29) is 29.1 Å². The van der Waals surface area contributed by atoms with E-state index >= 15 is 0 Å². The molecule has 4 rings (SSSR count). The van der Waals surface area contributed by atoms with Crippen LogP contribution in [0.2, 0.25) is 0 Å². The van der Waals surface area contributed by atoms with Crippen LogP contribution in [0.5, 0.6) is 5.75 Å². The molecule has 10 heteroatoms. The quantitative estimate of drug-likeness (QED) is 0.533. The number of nitrogens with zero attached hydrogens (tertiary/aromatic N) is 2. The van der Waals surface area contributed by atoms with Crippen molar-refractivity contribution >= 4 is 27.3 Å². The van der Waals surface area contributed by atoms with E-state index in [2.05, 4.69) is 0 Å². The van der Waals surface area contributed by atoms with Gasteiger partial charge >= 0.3 is 0 Å². The fourth-order valence-electron chi connectivity index (χ4n) is 4.12. The third-order valence-electron chi connectivity index (χ3n) is 5.90. The Balaban J connectivity index is 1.54. The molecule has 180 valence electrons. The summed E-state index contributed by atoms with van der Waals surface area (Å²) in [6.07, 6.45) is 2.10. The van der Waals surface area contributed by atoms with Gasteiger partial charge in [0.25, 0.3) is 0 Å². The minimum atomic E-state index is -3.76. The average molecular weight is 495 g/mol. The number of sulfonamides is 1. The summed E-state index contributed by atoms with van der Waals surface area (Å²) in [5, 5.41) is 2.00. The highest BCUT2D eigenvalue weighted by Crippen LogP contribution is 2.29. The van der Waals surface area contributed by atoms with Gasteiger partial charge in [0.1, 0.15) is 10.6 Å². The molecule has 8 nitrogen and oxygen atoms in total. The minimum absolute atomic E-state index is 0.0436. The van der Waals surface area contributed by atoms with Gasteiger partial charge in [0.05, 0.1) is 39.4 Å². The molecule has 0 radical (unpaired) electrons. The Bertz CT molecular complexity index is 1030. The lowest BCUT2D eigenvalue weighted by atomic mass is 10.1. The summed E-state index contributed by atoms with van der Waals surface area (Å²) >= 11 is 1.61. The maximum Gasteiger partial charge on any atom is 0.246 e. The highest BCUT2D eigenvalue weighted by Gasteiger charge is 2.30. The van der Waals surface area contributed by atoms with Crippen molar-refractivity contribution < 1.29 is 27.4 Å². The second kappa shape index (κ2) is 11.0. The van der Waals surface area contributed by atoms with Gasteiger partial charge in [0.2, 0.25) is 15.9 Å². The summed E-state index contributed by atoms with van der Waals surface area (Å²) in [5.74, 6) is 0.214. The Morgan fingerprint density at radius 1 is 1.24 bits per heavy atom. The van der Waals surface area contributed by atoms with Crippen LogP contribution < -0.4 is 4.74 Å². The molecule has 2 aliphatic heterocycles. The molecule has 1 unspecified atom stereocenters. The molecule has 1 amide bonds. The zero-order chi connectivity index (χ0) is 23.3. The third kappa shape index (κ3) is 5.93. The molecule has 2 saturated heterocycles. The van der Waals surface area contributed by atoms with Crippen molar-refractivity contribution in [2.75, 3.05) is 46.6 Å². The SMILES string of the molecule is COc1ccc(CC(=O)N(Cc2cccs2)CC2CCCO2)cc1S(=O)(=O)N1CCOCC1. The van der Waals surface area contributed by atoms with Gasteiger partial charge < -0.3 is 19.1 Å². The van der Waals surface area contributed by atoms with Gasteiger partial charge in [-0.15, -0.1) is 11.3 Å². The Labute approximate surface area is 199 Å². The first-order chi connectivity index (χ1) is 16.0. The Hall–Kier alpha value is -1.98. The highest BCUT2D eigenvalue weighted by atomic mass is 32.2. The molecule has 1 aromatic heterocycles. The summed E-state index contributed by atoms with van der Waals surface area (Å²) in [7, 11) is -2.31. The topological polar surface area (TPSA) is 85.4 Å². The number of amides is 1. The van der Waals surface area contributed by atoms with Gasteiger partial charge in [0, 0.05) is 31.1 Å². The van der Waals surface area contributed by atoms with Crippen LogP contribution in [0.25, 0.3) is 0 Å². The van der Waals surface area contributed by atoms with Crippen LogP contribution in [0.4, 0.5) is 0 Å². The van der Waals surface area contributed by atoms with E-state index in [4.69, 9.17) is 14.2 Å². The van der Waals surface area contributed by atoms with Gasteiger partial charge in [-0.2, -0.15) is 4.31 Å². The maximum absolute atomic E-state index is 13.3. The summed E-state index contributed by atoms with van der Waals surface area (Å²) in [6.45, 7) is 3.10. The predicted molar refractivity (Wildman–Crippen MR) is 125 cm³/mol. The molecular formula is C23H30N2O6S2. The van der Waals surface area contributed by atoms with Crippen LogP contribution in [-0.4, -0.2) is 76.2 Å². The average Bonchev–Trinajstić information content (AvgIpc) is 3.54. The lowest BCUT2D eigenvalue weighted by molar-refractivity contribution is -0.132. The predicted octanol–water partition coefficient (Wildman–Crippen LogP) is 2.53. The Kier molecular flexibility index (Phi) is 8.02. The summed E-state index contributed by atoms with van der Waals surface area (Å²) in [4.78, 5) is 16.3. The molecule has 0 spiro atoms. The van der Waals surface area contributed by atoms with Crippen LogP contribution >= 0.6 is 11.3 Å². The van der Waals surface area contributed by atoms with Crippen LogP contribution in [-0.2, 0) is 37.3 Å². The van der Waals surface area contributed by atoms with Crippen LogP contribution in [0.15, 0.2) is 40.6 Å². The molecule has 0 bridgehead atoms. The number of rotatable bonds is 9. The fraction of sp³-hybridized carbons (Fsp3) is 0.522. The van der Waals surface area contributed by atoms with E-state index in [1.807, 2.05) is 22.4 Å². The first-order valence-corrected chi connectivity index (χ1v) is 13.5. The largest absolute Gasteiger partial charge is 0.495 e. The van der Waals surface area contributed by atoms with E-state index in [1.54, 1.807) is 29.5 Å². The molecule has 1 atom stereocenters. The van der Waals surface area contributed by atoms with Crippen molar-refractivity contribution in [3.05, 3.63) is 46.2 Å².